The molecule has 98 valence electrons. The number of carboxylic acids is 1. The summed E-state index contributed by atoms with van der Waals surface area (Å²) >= 11 is 0. The van der Waals surface area contributed by atoms with Crippen LogP contribution < -0.4 is 4.74 Å². The van der Waals surface area contributed by atoms with E-state index in [1.807, 2.05) is 0 Å². The van der Waals surface area contributed by atoms with Crippen molar-refractivity contribution in [3.8, 4) is 5.75 Å². The second kappa shape index (κ2) is 5.48. The van der Waals surface area contributed by atoms with E-state index in [0.29, 0.717) is 0 Å². The molecule has 2 aromatic rings. The van der Waals surface area contributed by atoms with Gasteiger partial charge in [0.1, 0.15) is 29.6 Å². The number of para-hydroxylation sites is 1. The monoisotopic (exact) mass is 264 g/mol. The number of hydrogen-bond acceptors (Lipinski definition) is 2. The summed E-state index contributed by atoms with van der Waals surface area (Å²) in [4.78, 5) is 10.9. The van der Waals surface area contributed by atoms with E-state index < -0.39 is 17.6 Å². The average Bonchev–Trinajstić information content (AvgIpc) is 2.38. The zero-order chi connectivity index (χ0) is 13.8. The number of rotatable bonds is 4. The van der Waals surface area contributed by atoms with Gasteiger partial charge in [-0.2, -0.15) is 0 Å². The lowest BCUT2D eigenvalue weighted by molar-refractivity contribution is 0.0691. The molecule has 0 aliphatic rings. The zero-order valence-corrected chi connectivity index (χ0v) is 9.77. The molecule has 0 fully saturated rings. The van der Waals surface area contributed by atoms with E-state index in [9.17, 15) is 13.6 Å². The Morgan fingerprint density at radius 3 is 2.32 bits per heavy atom. The molecule has 0 bridgehead atoms. The lowest BCUT2D eigenvalue weighted by Gasteiger charge is -2.10. The van der Waals surface area contributed by atoms with Crippen LogP contribution in [0.2, 0.25) is 0 Å². The van der Waals surface area contributed by atoms with Crippen LogP contribution in [0.4, 0.5) is 8.78 Å². The summed E-state index contributed by atoms with van der Waals surface area (Å²) in [7, 11) is 0. The Labute approximate surface area is 108 Å². The molecule has 0 atom stereocenters. The first kappa shape index (κ1) is 13.0. The van der Waals surface area contributed by atoms with Gasteiger partial charge in [-0.15, -0.1) is 0 Å². The molecule has 0 amide bonds. The van der Waals surface area contributed by atoms with Crippen LogP contribution in [-0.4, -0.2) is 11.1 Å². The average molecular weight is 264 g/mol. The molecule has 0 aromatic heterocycles. The van der Waals surface area contributed by atoms with Crippen molar-refractivity contribution < 1.29 is 23.4 Å². The molecule has 2 aromatic carbocycles. The van der Waals surface area contributed by atoms with Gasteiger partial charge < -0.3 is 9.84 Å². The molecule has 0 spiro atoms. The largest absolute Gasteiger partial charge is 0.488 e. The third kappa shape index (κ3) is 2.88. The van der Waals surface area contributed by atoms with Crippen LogP contribution in [-0.2, 0) is 6.61 Å². The minimum absolute atomic E-state index is 0.0563. The second-order valence-corrected chi connectivity index (χ2v) is 3.79. The number of benzene rings is 2. The number of carbonyl (C=O) groups is 1. The molecule has 0 radical (unpaired) electrons. The van der Waals surface area contributed by atoms with Crippen molar-refractivity contribution in [1.29, 1.82) is 0 Å². The van der Waals surface area contributed by atoms with Gasteiger partial charge in [0.05, 0.1) is 5.56 Å². The van der Waals surface area contributed by atoms with E-state index >= 15 is 0 Å². The fraction of sp³-hybridized carbons (Fsp3) is 0.0714. The van der Waals surface area contributed by atoms with Crippen molar-refractivity contribution >= 4 is 5.97 Å². The molecule has 2 rings (SSSR count). The lowest BCUT2D eigenvalue weighted by Crippen LogP contribution is -2.05. The quantitative estimate of drug-likeness (QED) is 0.922. The van der Waals surface area contributed by atoms with Crippen molar-refractivity contribution in [3.05, 3.63) is 65.2 Å². The summed E-state index contributed by atoms with van der Waals surface area (Å²) in [6.07, 6.45) is 0. The number of halogens is 2. The highest BCUT2D eigenvalue weighted by Gasteiger charge is 2.13. The fourth-order valence-corrected chi connectivity index (χ4v) is 1.59. The molecule has 0 saturated carbocycles. The molecule has 1 N–H and O–H groups in total. The topological polar surface area (TPSA) is 46.5 Å². The van der Waals surface area contributed by atoms with E-state index in [0.717, 1.165) is 12.1 Å². The van der Waals surface area contributed by atoms with Crippen molar-refractivity contribution in [1.82, 2.24) is 0 Å². The van der Waals surface area contributed by atoms with E-state index in [2.05, 4.69) is 0 Å². The second-order valence-electron chi connectivity index (χ2n) is 3.79. The van der Waals surface area contributed by atoms with Crippen molar-refractivity contribution in [3.63, 3.8) is 0 Å². The van der Waals surface area contributed by atoms with E-state index in [1.54, 1.807) is 12.1 Å². The Morgan fingerprint density at radius 2 is 1.68 bits per heavy atom. The SMILES string of the molecule is O=C(O)c1ccccc1OCc1c(F)cccc1F. The van der Waals surface area contributed by atoms with Crippen LogP contribution in [0.15, 0.2) is 42.5 Å². The summed E-state index contributed by atoms with van der Waals surface area (Å²) in [6.45, 7) is -0.372. The van der Waals surface area contributed by atoms with Gasteiger partial charge in [-0.25, -0.2) is 13.6 Å². The number of hydrogen-bond donors (Lipinski definition) is 1. The van der Waals surface area contributed by atoms with Crippen LogP contribution in [0.1, 0.15) is 15.9 Å². The third-order valence-corrected chi connectivity index (χ3v) is 2.55. The van der Waals surface area contributed by atoms with Crippen LogP contribution in [0.3, 0.4) is 0 Å². The highest BCUT2D eigenvalue weighted by Crippen LogP contribution is 2.21. The summed E-state index contributed by atoms with van der Waals surface area (Å²) in [5, 5.41) is 8.94. The molecule has 0 saturated heterocycles. The van der Waals surface area contributed by atoms with Gasteiger partial charge in [0.25, 0.3) is 0 Å². The maximum absolute atomic E-state index is 13.4. The summed E-state index contributed by atoms with van der Waals surface area (Å²) in [6, 6.07) is 9.40. The van der Waals surface area contributed by atoms with Gasteiger partial charge in [0, 0.05) is 0 Å². The maximum atomic E-state index is 13.4. The van der Waals surface area contributed by atoms with Gasteiger partial charge in [0.15, 0.2) is 0 Å². The van der Waals surface area contributed by atoms with E-state index in [1.165, 1.54) is 18.2 Å². The molecule has 0 unspecified atom stereocenters. The smallest absolute Gasteiger partial charge is 0.339 e. The molecular weight excluding hydrogens is 254 g/mol. The van der Waals surface area contributed by atoms with Crippen molar-refractivity contribution in [2.45, 2.75) is 6.61 Å². The summed E-state index contributed by atoms with van der Waals surface area (Å²) in [5.41, 5.74) is -0.290. The minimum atomic E-state index is -1.16. The van der Waals surface area contributed by atoms with Crippen molar-refractivity contribution in [2.75, 3.05) is 0 Å². The Morgan fingerprint density at radius 1 is 1.05 bits per heavy atom. The molecule has 0 aliphatic heterocycles. The number of carboxylic acid groups (broad SMARTS) is 1. The highest BCUT2D eigenvalue weighted by atomic mass is 19.1. The first-order chi connectivity index (χ1) is 9.09. The number of ether oxygens (including phenoxy) is 1. The first-order valence-corrected chi connectivity index (χ1v) is 5.47. The van der Waals surface area contributed by atoms with Gasteiger partial charge in [0.2, 0.25) is 0 Å². The Balaban J connectivity index is 2.22. The van der Waals surface area contributed by atoms with Crippen LogP contribution >= 0.6 is 0 Å². The number of aromatic carboxylic acids is 1. The predicted octanol–water partition coefficient (Wildman–Crippen LogP) is 3.24. The minimum Gasteiger partial charge on any atom is -0.488 e. The maximum Gasteiger partial charge on any atom is 0.339 e. The normalized spacial score (nSPS) is 10.2. The van der Waals surface area contributed by atoms with Crippen molar-refractivity contribution in [2.24, 2.45) is 0 Å². The first-order valence-electron chi connectivity index (χ1n) is 5.47. The Kier molecular flexibility index (Phi) is 3.75. The summed E-state index contributed by atoms with van der Waals surface area (Å²) in [5.74, 6) is -2.55. The molecule has 0 aliphatic carbocycles. The fourth-order valence-electron chi connectivity index (χ4n) is 1.59. The zero-order valence-electron chi connectivity index (χ0n) is 9.77. The van der Waals surface area contributed by atoms with E-state index in [4.69, 9.17) is 9.84 Å². The third-order valence-electron chi connectivity index (χ3n) is 2.55. The van der Waals surface area contributed by atoms with Crippen LogP contribution in [0.25, 0.3) is 0 Å². The molecule has 19 heavy (non-hydrogen) atoms. The van der Waals surface area contributed by atoms with E-state index in [-0.39, 0.29) is 23.5 Å². The molecule has 0 heterocycles. The predicted molar refractivity (Wildman–Crippen MR) is 64.1 cm³/mol. The molecular formula is C14H10F2O3. The Bertz CT molecular complexity index is 591. The lowest BCUT2D eigenvalue weighted by atomic mass is 10.2. The van der Waals surface area contributed by atoms with Gasteiger partial charge in [-0.05, 0) is 24.3 Å². The molecule has 3 nitrogen and oxygen atoms in total. The van der Waals surface area contributed by atoms with Crippen LogP contribution in [0, 0.1) is 11.6 Å². The van der Waals surface area contributed by atoms with Gasteiger partial charge in [-0.1, -0.05) is 18.2 Å². The molecule has 5 heteroatoms. The highest BCUT2D eigenvalue weighted by molar-refractivity contribution is 5.90. The standard InChI is InChI=1S/C14H10F2O3/c15-11-5-3-6-12(16)10(11)8-19-13-7-2-1-4-9(13)14(17)18/h1-7H,8H2,(H,17,18). The van der Waals surface area contributed by atoms with Gasteiger partial charge >= 0.3 is 5.97 Å². The van der Waals surface area contributed by atoms with Gasteiger partial charge in [-0.3, -0.25) is 0 Å². The van der Waals surface area contributed by atoms with Crippen LogP contribution in [0.5, 0.6) is 5.75 Å². The summed E-state index contributed by atoms with van der Waals surface area (Å²) < 4.78 is 31.9. The Hall–Kier alpha value is -2.43.